The lowest BCUT2D eigenvalue weighted by Gasteiger charge is -2.21. The molecule has 0 atom stereocenters. The molecule has 0 saturated heterocycles. The van der Waals surface area contributed by atoms with E-state index in [-0.39, 0.29) is 24.9 Å². The molecule has 0 saturated carbocycles. The maximum absolute atomic E-state index is 13.1. The van der Waals surface area contributed by atoms with Gasteiger partial charge in [0.15, 0.2) is 0 Å². The molecule has 0 fully saturated rings. The van der Waals surface area contributed by atoms with E-state index in [1.807, 2.05) is 70.2 Å². The number of carbonyl (C=O) groups excluding carboxylic acids is 2. The second-order valence-electron chi connectivity index (χ2n) is 7.90. The number of anilines is 2. The molecule has 3 aromatic rings. The largest absolute Gasteiger partial charge is 0.324 e. The van der Waals surface area contributed by atoms with E-state index in [2.05, 4.69) is 10.3 Å². The maximum atomic E-state index is 13.1. The van der Waals surface area contributed by atoms with Crippen LogP contribution in [-0.2, 0) is 9.59 Å². The number of amides is 2. The van der Waals surface area contributed by atoms with Crippen LogP contribution in [0.3, 0.4) is 0 Å². The normalized spacial score (nSPS) is 13.5. The minimum absolute atomic E-state index is 0.0445. The van der Waals surface area contributed by atoms with Crippen molar-refractivity contribution in [1.29, 1.82) is 0 Å². The van der Waals surface area contributed by atoms with Crippen molar-refractivity contribution >= 4 is 51.2 Å². The first-order chi connectivity index (χ1) is 15.3. The summed E-state index contributed by atoms with van der Waals surface area (Å²) in [4.78, 5) is 33.3. The van der Waals surface area contributed by atoms with Gasteiger partial charge in [0.05, 0.1) is 5.71 Å². The third kappa shape index (κ3) is 4.08. The number of thiophene rings is 1. The highest BCUT2D eigenvalue weighted by Gasteiger charge is 2.31. The van der Waals surface area contributed by atoms with Crippen molar-refractivity contribution in [3.8, 4) is 0 Å². The summed E-state index contributed by atoms with van der Waals surface area (Å²) in [5.41, 5.74) is 6.13. The molecular weight excluding hydrogens is 442 g/mol. The quantitative estimate of drug-likeness (QED) is 0.556. The number of para-hydroxylation sites is 1. The Morgan fingerprint density at radius 2 is 1.78 bits per heavy atom. The fourth-order valence-electron chi connectivity index (χ4n) is 3.87. The second kappa shape index (κ2) is 8.88. The molecule has 1 N–H and O–H groups in total. The number of hydrogen-bond acceptors (Lipinski definition) is 4. The van der Waals surface area contributed by atoms with Gasteiger partial charge in [-0.15, -0.1) is 11.3 Å². The van der Waals surface area contributed by atoms with Crippen molar-refractivity contribution in [2.24, 2.45) is 4.99 Å². The maximum Gasteiger partial charge on any atom is 0.249 e. The summed E-state index contributed by atoms with van der Waals surface area (Å²) in [6, 6.07) is 13.4. The van der Waals surface area contributed by atoms with Crippen LogP contribution in [0, 0.1) is 27.7 Å². The molecule has 2 aromatic carbocycles. The third-order valence-corrected chi connectivity index (χ3v) is 7.26. The fraction of sp³-hybridized carbons (Fsp3) is 0.240. The lowest BCUT2D eigenvalue weighted by Crippen LogP contribution is -2.39. The smallest absolute Gasteiger partial charge is 0.249 e. The molecule has 164 valence electrons. The number of hydrogen-bond donors (Lipinski definition) is 1. The summed E-state index contributed by atoms with van der Waals surface area (Å²) in [5.74, 6) is -0.460. The van der Waals surface area contributed by atoms with E-state index in [9.17, 15) is 9.59 Å². The van der Waals surface area contributed by atoms with E-state index in [1.165, 1.54) is 11.3 Å². The van der Waals surface area contributed by atoms with E-state index in [1.54, 1.807) is 4.90 Å². The molecule has 4 rings (SSSR count). The first kappa shape index (κ1) is 22.2. The molecule has 32 heavy (non-hydrogen) atoms. The zero-order valence-corrected chi connectivity index (χ0v) is 20.0. The highest BCUT2D eigenvalue weighted by molar-refractivity contribution is 7.17. The SMILES string of the molecule is Cc1cccc(C)c1NC(=O)CN1C(=O)CN=C(c2ccccc2Cl)c2c1sc(C)c2C. The zero-order valence-electron chi connectivity index (χ0n) is 18.5. The minimum atomic E-state index is -0.244. The van der Waals surface area contributed by atoms with E-state index >= 15 is 0 Å². The van der Waals surface area contributed by atoms with Gasteiger partial charge in [-0.2, -0.15) is 0 Å². The van der Waals surface area contributed by atoms with Gasteiger partial charge in [0.2, 0.25) is 11.8 Å². The standard InChI is InChI=1S/C25H24ClN3O2S/c1-14-8-7-9-15(2)23(14)28-20(30)13-29-21(31)12-27-24(18-10-5-6-11-19(18)26)22-16(3)17(4)32-25(22)29/h5-11H,12-13H2,1-4H3,(H,28,30). The van der Waals surface area contributed by atoms with Crippen LogP contribution in [0.4, 0.5) is 10.7 Å². The molecule has 0 aliphatic carbocycles. The Kier molecular flexibility index (Phi) is 6.17. The van der Waals surface area contributed by atoms with Crippen molar-refractivity contribution in [1.82, 2.24) is 0 Å². The van der Waals surface area contributed by atoms with Crippen LogP contribution in [-0.4, -0.2) is 30.6 Å². The molecule has 0 unspecified atom stereocenters. The first-order valence-corrected chi connectivity index (χ1v) is 11.5. The van der Waals surface area contributed by atoms with E-state index < -0.39 is 0 Å². The van der Waals surface area contributed by atoms with Gasteiger partial charge < -0.3 is 5.32 Å². The summed E-state index contributed by atoms with van der Waals surface area (Å²) >= 11 is 7.98. The van der Waals surface area contributed by atoms with Gasteiger partial charge in [-0.3, -0.25) is 19.5 Å². The average molecular weight is 466 g/mol. The van der Waals surface area contributed by atoms with Gasteiger partial charge in [0, 0.05) is 26.7 Å². The summed E-state index contributed by atoms with van der Waals surface area (Å²) in [6.07, 6.45) is 0. The van der Waals surface area contributed by atoms with Gasteiger partial charge in [-0.05, 0) is 50.5 Å². The third-order valence-electron chi connectivity index (χ3n) is 5.70. The molecule has 7 heteroatoms. The van der Waals surface area contributed by atoms with Crippen LogP contribution < -0.4 is 10.2 Å². The van der Waals surface area contributed by atoms with Crippen LogP contribution in [0.2, 0.25) is 5.02 Å². The summed E-state index contributed by atoms with van der Waals surface area (Å²) < 4.78 is 0. The Morgan fingerprint density at radius 3 is 2.47 bits per heavy atom. The van der Waals surface area contributed by atoms with Gasteiger partial charge in [-0.1, -0.05) is 48.0 Å². The zero-order chi connectivity index (χ0) is 23.0. The van der Waals surface area contributed by atoms with E-state index in [0.717, 1.165) is 43.4 Å². The Balaban J connectivity index is 1.72. The summed E-state index contributed by atoms with van der Waals surface area (Å²) in [7, 11) is 0. The number of fused-ring (bicyclic) bond motifs is 1. The molecule has 0 radical (unpaired) electrons. The van der Waals surface area contributed by atoms with Crippen LogP contribution >= 0.6 is 22.9 Å². The Bertz CT molecular complexity index is 1240. The summed E-state index contributed by atoms with van der Waals surface area (Å²) in [6.45, 7) is 7.81. The van der Waals surface area contributed by atoms with Gasteiger partial charge in [0.25, 0.3) is 0 Å². The minimum Gasteiger partial charge on any atom is -0.324 e. The number of nitrogens with zero attached hydrogens (tertiary/aromatic N) is 2. The first-order valence-electron chi connectivity index (χ1n) is 10.3. The topological polar surface area (TPSA) is 61.8 Å². The number of halogens is 1. The van der Waals surface area contributed by atoms with Crippen molar-refractivity contribution in [2.75, 3.05) is 23.3 Å². The van der Waals surface area contributed by atoms with Gasteiger partial charge in [-0.25, -0.2) is 0 Å². The van der Waals surface area contributed by atoms with Crippen LogP contribution in [0.25, 0.3) is 0 Å². The molecule has 1 aliphatic rings. The number of aliphatic imine (C=N–C) groups is 1. The van der Waals surface area contributed by atoms with E-state index in [4.69, 9.17) is 11.6 Å². The molecule has 2 amide bonds. The highest BCUT2D eigenvalue weighted by atomic mass is 35.5. The predicted molar refractivity (Wildman–Crippen MR) is 133 cm³/mol. The Morgan fingerprint density at radius 1 is 1.09 bits per heavy atom. The number of benzene rings is 2. The molecular formula is C25H24ClN3O2S. The van der Waals surface area contributed by atoms with Crippen LogP contribution in [0.5, 0.6) is 0 Å². The van der Waals surface area contributed by atoms with Crippen molar-refractivity contribution in [2.45, 2.75) is 27.7 Å². The predicted octanol–water partition coefficient (Wildman–Crippen LogP) is 5.46. The van der Waals surface area contributed by atoms with Crippen molar-refractivity contribution in [3.63, 3.8) is 0 Å². The van der Waals surface area contributed by atoms with Crippen molar-refractivity contribution in [3.05, 3.63) is 80.2 Å². The Hall–Kier alpha value is -2.96. The molecule has 1 aromatic heterocycles. The van der Waals surface area contributed by atoms with Crippen molar-refractivity contribution < 1.29 is 9.59 Å². The number of aryl methyl sites for hydroxylation is 3. The molecule has 0 spiro atoms. The second-order valence-corrected chi connectivity index (χ2v) is 9.51. The van der Waals surface area contributed by atoms with Crippen LogP contribution in [0.15, 0.2) is 47.5 Å². The van der Waals surface area contributed by atoms with Crippen LogP contribution in [0.1, 0.15) is 32.7 Å². The van der Waals surface area contributed by atoms with Gasteiger partial charge >= 0.3 is 0 Å². The summed E-state index contributed by atoms with van der Waals surface area (Å²) in [5, 5.41) is 4.30. The average Bonchev–Trinajstić information content (AvgIpc) is 2.97. The highest BCUT2D eigenvalue weighted by Crippen LogP contribution is 2.39. The fourth-order valence-corrected chi connectivity index (χ4v) is 5.27. The lowest BCUT2D eigenvalue weighted by atomic mass is 10.00. The number of rotatable bonds is 4. The molecule has 0 bridgehead atoms. The Labute approximate surface area is 196 Å². The molecule has 5 nitrogen and oxygen atoms in total. The number of carbonyl (C=O) groups is 2. The lowest BCUT2D eigenvalue weighted by molar-refractivity contribution is -0.120. The van der Waals surface area contributed by atoms with Gasteiger partial charge in [0.1, 0.15) is 18.1 Å². The molecule has 2 heterocycles. The number of nitrogens with one attached hydrogen (secondary N) is 1. The van der Waals surface area contributed by atoms with E-state index in [0.29, 0.717) is 10.7 Å². The monoisotopic (exact) mass is 465 g/mol. The molecule has 1 aliphatic heterocycles.